The van der Waals surface area contributed by atoms with Gasteiger partial charge in [0.15, 0.2) is 16.6 Å². The van der Waals surface area contributed by atoms with Gasteiger partial charge in [0.2, 0.25) is 5.17 Å². The van der Waals surface area contributed by atoms with Gasteiger partial charge < -0.3 is 8.98 Å². The molecule has 160 valence electrons. The van der Waals surface area contributed by atoms with Crippen LogP contribution in [0.25, 0.3) is 11.8 Å². The van der Waals surface area contributed by atoms with Crippen molar-refractivity contribution < 1.29 is 9.21 Å². The minimum atomic E-state index is -0.444. The van der Waals surface area contributed by atoms with Crippen LogP contribution in [0.1, 0.15) is 33.8 Å². The van der Waals surface area contributed by atoms with E-state index in [9.17, 15) is 4.79 Å². The van der Waals surface area contributed by atoms with Gasteiger partial charge in [0.25, 0.3) is 5.91 Å². The Bertz CT molecular complexity index is 1380. The van der Waals surface area contributed by atoms with Crippen molar-refractivity contribution in [1.82, 2.24) is 9.58 Å². The third-order valence-electron chi connectivity index (χ3n) is 5.55. The lowest BCUT2D eigenvalue weighted by Gasteiger charge is -2.20. The summed E-state index contributed by atoms with van der Waals surface area (Å²) in [5, 5.41) is 15.4. The lowest BCUT2D eigenvalue weighted by atomic mass is 10.1. The van der Waals surface area contributed by atoms with Crippen LogP contribution in [0.4, 0.5) is 0 Å². The summed E-state index contributed by atoms with van der Waals surface area (Å²) in [7, 11) is 0. The molecule has 3 aromatic rings. The maximum Gasteiger partial charge on any atom is 0.283 e. The van der Waals surface area contributed by atoms with Crippen molar-refractivity contribution in [2.45, 2.75) is 27.7 Å². The van der Waals surface area contributed by atoms with Crippen molar-refractivity contribution in [2.75, 3.05) is 0 Å². The molecule has 2 aliphatic rings. The average molecular weight is 444 g/mol. The van der Waals surface area contributed by atoms with Crippen LogP contribution in [-0.4, -0.2) is 31.5 Å². The van der Waals surface area contributed by atoms with Gasteiger partial charge in [-0.3, -0.25) is 10.2 Å². The van der Waals surface area contributed by atoms with E-state index in [2.05, 4.69) is 46.7 Å². The molecule has 1 aromatic carbocycles. The summed E-state index contributed by atoms with van der Waals surface area (Å²) in [5.41, 5.74) is 6.61. The number of nitrogens with zero attached hydrogens (tertiary/aromatic N) is 4. The number of furan rings is 1. The topological polar surface area (TPSA) is 86.9 Å². The van der Waals surface area contributed by atoms with Crippen LogP contribution in [0.2, 0.25) is 0 Å². The van der Waals surface area contributed by atoms with Crippen LogP contribution < -0.4 is 0 Å². The Morgan fingerprint density at radius 1 is 1.12 bits per heavy atom. The minimum absolute atomic E-state index is 0.00498. The first-order valence-corrected chi connectivity index (χ1v) is 11.0. The summed E-state index contributed by atoms with van der Waals surface area (Å²) in [6.45, 7) is 8.22. The molecule has 0 radical (unpaired) electrons. The second-order valence-corrected chi connectivity index (χ2v) is 8.81. The van der Waals surface area contributed by atoms with Gasteiger partial charge in [-0.1, -0.05) is 17.7 Å². The van der Waals surface area contributed by atoms with Gasteiger partial charge in [0.05, 0.1) is 11.8 Å². The van der Waals surface area contributed by atoms with E-state index in [0.717, 1.165) is 22.6 Å². The molecule has 0 fully saturated rings. The van der Waals surface area contributed by atoms with Crippen molar-refractivity contribution in [2.24, 2.45) is 10.1 Å². The van der Waals surface area contributed by atoms with Crippen LogP contribution in [0.5, 0.6) is 0 Å². The molecule has 4 heterocycles. The summed E-state index contributed by atoms with van der Waals surface area (Å²) in [6, 6.07) is 11.9. The van der Waals surface area contributed by atoms with Crippen LogP contribution in [-0.2, 0) is 4.79 Å². The molecule has 0 spiro atoms. The highest BCUT2D eigenvalue weighted by Crippen LogP contribution is 2.32. The lowest BCUT2D eigenvalue weighted by Crippen LogP contribution is -2.35. The lowest BCUT2D eigenvalue weighted by molar-refractivity contribution is -0.114. The zero-order valence-corrected chi connectivity index (χ0v) is 18.9. The normalized spacial score (nSPS) is 17.1. The van der Waals surface area contributed by atoms with Gasteiger partial charge in [0.1, 0.15) is 0 Å². The number of amides is 1. The fourth-order valence-corrected chi connectivity index (χ4v) is 4.87. The largest absolute Gasteiger partial charge is 0.462 e. The summed E-state index contributed by atoms with van der Waals surface area (Å²) in [4.78, 5) is 17.0. The Morgan fingerprint density at radius 3 is 2.66 bits per heavy atom. The number of carbonyl (C=O) groups excluding carboxylic acids is 1. The Labute approximate surface area is 189 Å². The number of nitrogens with one attached hydrogen (secondary N) is 1. The molecule has 8 heteroatoms. The molecule has 0 atom stereocenters. The van der Waals surface area contributed by atoms with Crippen molar-refractivity contribution in [1.29, 1.82) is 5.41 Å². The molecule has 0 saturated heterocycles. The first kappa shape index (κ1) is 20.3. The Kier molecular flexibility index (Phi) is 4.74. The van der Waals surface area contributed by atoms with Crippen molar-refractivity contribution in [3.8, 4) is 5.69 Å². The molecule has 1 amide bonds. The number of carbonyl (C=O) groups is 1. The number of hydrogen-bond donors (Lipinski definition) is 1. The zero-order valence-electron chi connectivity index (χ0n) is 18.1. The molecule has 2 aromatic heterocycles. The fraction of sp³-hybridized carbons (Fsp3) is 0.167. The maximum atomic E-state index is 12.8. The zero-order chi connectivity index (χ0) is 22.6. The first-order valence-electron chi connectivity index (χ1n) is 10.1. The molecule has 0 aliphatic carbocycles. The monoisotopic (exact) mass is 443 g/mol. The summed E-state index contributed by atoms with van der Waals surface area (Å²) < 4.78 is 7.56. The third kappa shape index (κ3) is 3.23. The second kappa shape index (κ2) is 7.49. The summed E-state index contributed by atoms with van der Waals surface area (Å²) in [5.74, 6) is 0.140. The molecule has 5 rings (SSSR count). The Morgan fingerprint density at radius 2 is 1.94 bits per heavy atom. The van der Waals surface area contributed by atoms with Crippen LogP contribution in [0.15, 0.2) is 62.7 Å². The van der Waals surface area contributed by atoms with Crippen molar-refractivity contribution in [3.05, 3.63) is 82.1 Å². The SMILES string of the molecule is Cc1ccc(-n2c(C)cc(/C=C3/C(=N)N4N=C(c5ccco5)SC4=NC3=O)c2C)c(C)c1. The fourth-order valence-electron chi connectivity index (χ4n) is 4.01. The first-order chi connectivity index (χ1) is 15.3. The second-order valence-electron chi connectivity index (χ2n) is 7.85. The molecule has 1 N–H and O–H groups in total. The number of aryl methyl sites for hydroxylation is 3. The molecular weight excluding hydrogens is 422 g/mol. The molecule has 32 heavy (non-hydrogen) atoms. The number of benzene rings is 1. The number of hydrogen-bond acceptors (Lipinski definition) is 5. The van der Waals surface area contributed by atoms with Crippen LogP contribution in [0.3, 0.4) is 0 Å². The van der Waals surface area contributed by atoms with Gasteiger partial charge >= 0.3 is 0 Å². The maximum absolute atomic E-state index is 12.8. The predicted molar refractivity (Wildman–Crippen MR) is 128 cm³/mol. The minimum Gasteiger partial charge on any atom is -0.462 e. The van der Waals surface area contributed by atoms with Crippen LogP contribution >= 0.6 is 11.8 Å². The van der Waals surface area contributed by atoms with Crippen LogP contribution in [0, 0.1) is 33.1 Å². The van der Waals surface area contributed by atoms with E-state index in [1.54, 1.807) is 24.5 Å². The highest BCUT2D eigenvalue weighted by Gasteiger charge is 2.36. The molecule has 0 bridgehead atoms. The Hall–Kier alpha value is -3.65. The van der Waals surface area contributed by atoms with Gasteiger partial charge in [-0.15, -0.1) is 0 Å². The van der Waals surface area contributed by atoms with Crippen molar-refractivity contribution in [3.63, 3.8) is 0 Å². The number of aromatic nitrogens is 1. The van der Waals surface area contributed by atoms with E-state index in [1.807, 2.05) is 19.9 Å². The third-order valence-corrected chi connectivity index (χ3v) is 6.47. The highest BCUT2D eigenvalue weighted by atomic mass is 32.2. The molecule has 0 saturated carbocycles. The van der Waals surface area contributed by atoms with Crippen molar-refractivity contribution >= 4 is 39.8 Å². The van der Waals surface area contributed by atoms with E-state index in [-0.39, 0.29) is 11.4 Å². The molecule has 0 unspecified atom stereocenters. The van der Waals surface area contributed by atoms with Gasteiger partial charge in [-0.05, 0) is 80.9 Å². The number of aliphatic imine (C=N–C) groups is 1. The standard InChI is InChI=1S/C24H21N5O2S/c1-13-7-8-19(14(2)10-13)28-15(3)11-17(16(28)4)12-18-21(25)29-24(26-22(18)30)32-23(27-29)20-6-5-9-31-20/h5-12,25H,1-4H3/b18-12-,25-21?. The van der Waals surface area contributed by atoms with Gasteiger partial charge in [-0.2, -0.15) is 15.1 Å². The highest BCUT2D eigenvalue weighted by molar-refractivity contribution is 8.27. The average Bonchev–Trinajstić information content (AvgIpc) is 3.46. The number of rotatable bonds is 3. The van der Waals surface area contributed by atoms with E-state index < -0.39 is 5.91 Å². The van der Waals surface area contributed by atoms with Gasteiger partial charge in [0, 0.05) is 17.1 Å². The smallest absolute Gasteiger partial charge is 0.283 e. The molecule has 7 nitrogen and oxygen atoms in total. The number of thioether (sulfide) groups is 1. The number of hydrazone groups is 1. The van der Waals surface area contributed by atoms with E-state index in [1.165, 1.54) is 27.9 Å². The predicted octanol–water partition coefficient (Wildman–Crippen LogP) is 4.97. The summed E-state index contributed by atoms with van der Waals surface area (Å²) in [6.07, 6.45) is 3.29. The number of amidine groups is 2. The quantitative estimate of drug-likeness (QED) is 0.579. The molecular formula is C24H21N5O2S. The van der Waals surface area contributed by atoms with E-state index in [4.69, 9.17) is 9.83 Å². The Balaban J connectivity index is 1.54. The van der Waals surface area contributed by atoms with E-state index >= 15 is 0 Å². The molecule has 2 aliphatic heterocycles. The summed E-state index contributed by atoms with van der Waals surface area (Å²) >= 11 is 1.22. The van der Waals surface area contributed by atoms with E-state index in [0.29, 0.717) is 16.0 Å². The number of fused-ring (bicyclic) bond motifs is 1. The van der Waals surface area contributed by atoms with Gasteiger partial charge in [-0.25, -0.2) is 0 Å².